The molecular weight excluding hydrogens is 389 g/mol. The van der Waals surface area contributed by atoms with Crippen molar-refractivity contribution in [2.24, 2.45) is 0 Å². The third kappa shape index (κ3) is 3.83. The number of nitrogens with one attached hydrogen (secondary N) is 1. The van der Waals surface area contributed by atoms with Crippen molar-refractivity contribution in [2.75, 3.05) is 20.1 Å². The fraction of sp³-hybridized carbons (Fsp3) is 0.304. The molecule has 2 aromatic heterocycles. The SMILES string of the molecule is CN1CCC(c2[nH]c(-c3cccc(C(F)(F)F)c3)c(-c3ccncc3)c2C#N)CC1. The van der Waals surface area contributed by atoms with Gasteiger partial charge in [-0.25, -0.2) is 0 Å². The monoisotopic (exact) mass is 410 g/mol. The van der Waals surface area contributed by atoms with E-state index < -0.39 is 11.7 Å². The number of hydrogen-bond acceptors (Lipinski definition) is 3. The number of pyridine rings is 1. The van der Waals surface area contributed by atoms with Crippen LogP contribution in [0.25, 0.3) is 22.4 Å². The predicted octanol–water partition coefficient (Wildman–Crippen LogP) is 5.44. The molecule has 0 amide bonds. The maximum absolute atomic E-state index is 13.3. The van der Waals surface area contributed by atoms with Crippen LogP contribution in [0.4, 0.5) is 13.2 Å². The van der Waals surface area contributed by atoms with E-state index in [0.29, 0.717) is 22.4 Å². The summed E-state index contributed by atoms with van der Waals surface area (Å²) in [6, 6.07) is 11.1. The van der Waals surface area contributed by atoms with E-state index in [9.17, 15) is 18.4 Å². The van der Waals surface area contributed by atoms with Crippen LogP contribution >= 0.6 is 0 Å². The number of hydrogen-bond donors (Lipinski definition) is 1. The second kappa shape index (κ2) is 7.96. The van der Waals surface area contributed by atoms with Gasteiger partial charge in [-0.2, -0.15) is 18.4 Å². The van der Waals surface area contributed by atoms with Gasteiger partial charge in [0.25, 0.3) is 0 Å². The lowest BCUT2D eigenvalue weighted by Gasteiger charge is -2.28. The van der Waals surface area contributed by atoms with Crippen LogP contribution < -0.4 is 0 Å². The Labute approximate surface area is 173 Å². The average molecular weight is 410 g/mol. The summed E-state index contributed by atoms with van der Waals surface area (Å²) in [4.78, 5) is 9.62. The molecule has 4 nitrogen and oxygen atoms in total. The van der Waals surface area contributed by atoms with Crippen molar-refractivity contribution in [2.45, 2.75) is 24.9 Å². The van der Waals surface area contributed by atoms with Crippen LogP contribution in [0, 0.1) is 11.3 Å². The first kappa shape index (κ1) is 20.2. The van der Waals surface area contributed by atoms with Gasteiger partial charge in [-0.3, -0.25) is 4.98 Å². The second-order valence-electron chi connectivity index (χ2n) is 7.67. The second-order valence-corrected chi connectivity index (χ2v) is 7.67. The Morgan fingerprint density at radius 1 is 1.10 bits per heavy atom. The maximum Gasteiger partial charge on any atom is 0.416 e. The quantitative estimate of drug-likeness (QED) is 0.625. The topological polar surface area (TPSA) is 55.7 Å². The van der Waals surface area contributed by atoms with Gasteiger partial charge in [-0.1, -0.05) is 12.1 Å². The molecule has 0 spiro atoms. The number of nitriles is 1. The molecule has 4 rings (SSSR count). The summed E-state index contributed by atoms with van der Waals surface area (Å²) in [6.45, 7) is 1.83. The summed E-state index contributed by atoms with van der Waals surface area (Å²) in [5.74, 6) is 0.163. The van der Waals surface area contributed by atoms with Gasteiger partial charge in [-0.05, 0) is 68.4 Å². The minimum Gasteiger partial charge on any atom is -0.357 e. The highest BCUT2D eigenvalue weighted by Crippen LogP contribution is 2.42. The molecule has 1 aliphatic heterocycles. The van der Waals surface area contributed by atoms with Gasteiger partial charge in [0.05, 0.1) is 16.8 Å². The largest absolute Gasteiger partial charge is 0.416 e. The van der Waals surface area contributed by atoms with Crippen LogP contribution in [0.1, 0.15) is 35.6 Å². The molecule has 7 heteroatoms. The summed E-state index contributed by atoms with van der Waals surface area (Å²) in [5.41, 5.74) is 2.94. The highest BCUT2D eigenvalue weighted by Gasteiger charge is 2.32. The molecule has 0 aliphatic carbocycles. The molecule has 154 valence electrons. The highest BCUT2D eigenvalue weighted by molar-refractivity contribution is 5.87. The fourth-order valence-electron chi connectivity index (χ4n) is 4.11. The number of likely N-dealkylation sites (tertiary alicyclic amines) is 1. The zero-order valence-electron chi connectivity index (χ0n) is 16.5. The predicted molar refractivity (Wildman–Crippen MR) is 109 cm³/mol. The lowest BCUT2D eigenvalue weighted by molar-refractivity contribution is -0.137. The van der Waals surface area contributed by atoms with Gasteiger partial charge in [0.2, 0.25) is 0 Å². The lowest BCUT2D eigenvalue weighted by Crippen LogP contribution is -2.29. The summed E-state index contributed by atoms with van der Waals surface area (Å²) in [6.07, 6.45) is 0.588. The molecule has 3 heterocycles. The lowest BCUT2D eigenvalue weighted by atomic mass is 9.89. The maximum atomic E-state index is 13.3. The first-order valence-electron chi connectivity index (χ1n) is 9.81. The normalized spacial score (nSPS) is 15.8. The van der Waals surface area contributed by atoms with Crippen molar-refractivity contribution in [1.29, 1.82) is 5.26 Å². The number of aromatic amines is 1. The van der Waals surface area contributed by atoms with Crippen LogP contribution in [-0.2, 0) is 6.18 Å². The number of alkyl halides is 3. The fourth-order valence-corrected chi connectivity index (χ4v) is 4.11. The Bertz CT molecular complexity index is 1070. The van der Waals surface area contributed by atoms with Gasteiger partial charge >= 0.3 is 6.18 Å². The molecule has 3 aromatic rings. The van der Waals surface area contributed by atoms with Crippen molar-refractivity contribution < 1.29 is 13.2 Å². The Morgan fingerprint density at radius 2 is 1.80 bits per heavy atom. The molecule has 1 aromatic carbocycles. The van der Waals surface area contributed by atoms with Crippen molar-refractivity contribution in [3.63, 3.8) is 0 Å². The Balaban J connectivity index is 1.91. The first-order chi connectivity index (χ1) is 14.4. The number of H-pyrrole nitrogens is 1. The van der Waals surface area contributed by atoms with E-state index in [1.807, 2.05) is 0 Å². The van der Waals surface area contributed by atoms with E-state index in [0.717, 1.165) is 49.3 Å². The number of benzene rings is 1. The van der Waals surface area contributed by atoms with Crippen molar-refractivity contribution in [3.05, 3.63) is 65.6 Å². The van der Waals surface area contributed by atoms with Gasteiger partial charge in [-0.15, -0.1) is 0 Å². The first-order valence-corrected chi connectivity index (χ1v) is 9.81. The summed E-state index contributed by atoms with van der Waals surface area (Å²) >= 11 is 0. The van der Waals surface area contributed by atoms with E-state index in [1.165, 1.54) is 6.07 Å². The number of piperidine rings is 1. The van der Waals surface area contributed by atoms with Crippen LogP contribution in [-0.4, -0.2) is 35.0 Å². The van der Waals surface area contributed by atoms with Crippen LogP contribution in [0.5, 0.6) is 0 Å². The molecule has 1 aliphatic rings. The number of nitrogens with zero attached hydrogens (tertiary/aromatic N) is 3. The van der Waals surface area contributed by atoms with Crippen LogP contribution in [0.15, 0.2) is 48.8 Å². The van der Waals surface area contributed by atoms with Gasteiger partial charge in [0.1, 0.15) is 6.07 Å². The van der Waals surface area contributed by atoms with Crippen LogP contribution in [0.3, 0.4) is 0 Å². The van der Waals surface area contributed by atoms with E-state index in [4.69, 9.17) is 0 Å². The van der Waals surface area contributed by atoms with Crippen LogP contribution in [0.2, 0.25) is 0 Å². The minimum absolute atomic E-state index is 0.163. The molecule has 1 saturated heterocycles. The highest BCUT2D eigenvalue weighted by atomic mass is 19.4. The van der Waals surface area contributed by atoms with Gasteiger partial charge in [0, 0.05) is 29.6 Å². The van der Waals surface area contributed by atoms with E-state index in [1.54, 1.807) is 30.6 Å². The molecule has 30 heavy (non-hydrogen) atoms. The Kier molecular flexibility index (Phi) is 5.35. The average Bonchev–Trinajstić information content (AvgIpc) is 3.14. The molecule has 0 atom stereocenters. The third-order valence-electron chi connectivity index (χ3n) is 5.72. The molecule has 0 radical (unpaired) electrons. The third-order valence-corrected chi connectivity index (χ3v) is 5.72. The number of aromatic nitrogens is 2. The Morgan fingerprint density at radius 3 is 2.43 bits per heavy atom. The molecule has 1 fully saturated rings. The smallest absolute Gasteiger partial charge is 0.357 e. The molecule has 0 unspecified atom stereocenters. The van der Waals surface area contributed by atoms with Crippen molar-refractivity contribution in [3.8, 4) is 28.5 Å². The zero-order valence-corrected chi connectivity index (χ0v) is 16.5. The molecule has 1 N–H and O–H groups in total. The van der Waals surface area contributed by atoms with E-state index >= 15 is 0 Å². The number of rotatable bonds is 3. The number of halogens is 3. The molecule has 0 bridgehead atoms. The van der Waals surface area contributed by atoms with Gasteiger partial charge < -0.3 is 9.88 Å². The van der Waals surface area contributed by atoms with E-state index in [-0.39, 0.29) is 5.92 Å². The summed E-state index contributed by atoms with van der Waals surface area (Å²) in [7, 11) is 2.06. The van der Waals surface area contributed by atoms with E-state index in [2.05, 4.69) is 28.0 Å². The zero-order chi connectivity index (χ0) is 21.3. The summed E-state index contributed by atoms with van der Waals surface area (Å²) in [5, 5.41) is 10.0. The molecule has 0 saturated carbocycles. The van der Waals surface area contributed by atoms with Gasteiger partial charge in [0.15, 0.2) is 0 Å². The Hall–Kier alpha value is -3.11. The molecular formula is C23H21F3N4. The standard InChI is InChI=1S/C23H21F3N4/c1-30-11-7-16(8-12-30)21-19(14-27)20(15-5-9-28-10-6-15)22(29-21)17-3-2-4-18(13-17)23(24,25)26/h2-6,9-10,13,16,29H,7-8,11-12H2,1H3. The van der Waals surface area contributed by atoms with Crippen molar-refractivity contribution >= 4 is 0 Å². The van der Waals surface area contributed by atoms with Crippen molar-refractivity contribution in [1.82, 2.24) is 14.9 Å². The minimum atomic E-state index is -4.44. The summed E-state index contributed by atoms with van der Waals surface area (Å²) < 4.78 is 39.9.